The third kappa shape index (κ3) is 4.32. The second kappa shape index (κ2) is 6.76. The Morgan fingerprint density at radius 2 is 1.95 bits per heavy atom. The van der Waals surface area contributed by atoms with Gasteiger partial charge in [-0.1, -0.05) is 23.2 Å². The monoisotopic (exact) mass is 341 g/mol. The van der Waals surface area contributed by atoms with Gasteiger partial charge in [0.15, 0.2) is 0 Å². The molecule has 21 heavy (non-hydrogen) atoms. The summed E-state index contributed by atoms with van der Waals surface area (Å²) in [6, 6.07) is 7.74. The van der Waals surface area contributed by atoms with Crippen LogP contribution in [0.25, 0.3) is 6.08 Å². The molecule has 0 fully saturated rings. The number of carbonyl (C=O) groups is 2. The van der Waals surface area contributed by atoms with Crippen molar-refractivity contribution >= 4 is 58.2 Å². The van der Waals surface area contributed by atoms with E-state index in [1.165, 1.54) is 35.6 Å². The second-order valence-corrected chi connectivity index (χ2v) is 6.14. The minimum absolute atomic E-state index is 0.0663. The van der Waals surface area contributed by atoms with Gasteiger partial charge in [-0.15, -0.1) is 11.3 Å². The first-order valence-corrected chi connectivity index (χ1v) is 7.30. The Balaban J connectivity index is 2.13. The largest absolute Gasteiger partial charge is 0.478 e. The molecule has 0 bridgehead atoms. The third-order valence-electron chi connectivity index (χ3n) is 2.46. The summed E-state index contributed by atoms with van der Waals surface area (Å²) < 4.78 is 0.626. The van der Waals surface area contributed by atoms with Gasteiger partial charge in [0.05, 0.1) is 15.6 Å². The van der Waals surface area contributed by atoms with Crippen LogP contribution in [0.2, 0.25) is 9.36 Å². The topological polar surface area (TPSA) is 66.4 Å². The Labute approximate surface area is 134 Å². The molecule has 0 atom stereocenters. The van der Waals surface area contributed by atoms with Crippen LogP contribution in [-0.4, -0.2) is 17.0 Å². The molecule has 2 rings (SSSR count). The molecule has 0 aliphatic heterocycles. The molecule has 7 heteroatoms. The molecule has 1 aromatic heterocycles. The molecule has 0 saturated heterocycles. The summed E-state index contributed by atoms with van der Waals surface area (Å²) in [7, 11) is 0. The summed E-state index contributed by atoms with van der Waals surface area (Å²) in [5.74, 6) is -1.61. The maximum atomic E-state index is 11.8. The molecular weight excluding hydrogens is 333 g/mol. The standard InChI is InChI=1S/C14H9Cl2NO3S/c15-8-1-4-11(10(7-8)14(19)20)17-13(18)6-3-9-2-5-12(16)21-9/h1-7H,(H,17,18)(H,19,20)/b6-3+. The first-order valence-electron chi connectivity index (χ1n) is 5.73. The van der Waals surface area contributed by atoms with Crippen LogP contribution in [0.4, 0.5) is 5.69 Å². The summed E-state index contributed by atoms with van der Waals surface area (Å²) >= 11 is 12.9. The van der Waals surface area contributed by atoms with Crippen LogP contribution in [0.15, 0.2) is 36.4 Å². The number of halogens is 2. The molecule has 108 valence electrons. The van der Waals surface area contributed by atoms with Gasteiger partial charge < -0.3 is 10.4 Å². The highest BCUT2D eigenvalue weighted by Gasteiger charge is 2.12. The van der Waals surface area contributed by atoms with E-state index >= 15 is 0 Å². The van der Waals surface area contributed by atoms with Crippen molar-refractivity contribution in [3.05, 3.63) is 56.2 Å². The van der Waals surface area contributed by atoms with Gasteiger partial charge in [-0.2, -0.15) is 0 Å². The van der Waals surface area contributed by atoms with Crippen LogP contribution >= 0.6 is 34.5 Å². The van der Waals surface area contributed by atoms with Gasteiger partial charge in [-0.3, -0.25) is 4.79 Å². The fraction of sp³-hybridized carbons (Fsp3) is 0. The lowest BCUT2D eigenvalue weighted by molar-refractivity contribution is -0.111. The maximum Gasteiger partial charge on any atom is 0.337 e. The highest BCUT2D eigenvalue weighted by Crippen LogP contribution is 2.23. The van der Waals surface area contributed by atoms with Crippen LogP contribution in [0, 0.1) is 0 Å². The van der Waals surface area contributed by atoms with E-state index in [4.69, 9.17) is 28.3 Å². The highest BCUT2D eigenvalue weighted by molar-refractivity contribution is 7.17. The van der Waals surface area contributed by atoms with Crippen LogP contribution in [0.5, 0.6) is 0 Å². The number of nitrogens with one attached hydrogen (secondary N) is 1. The molecule has 2 N–H and O–H groups in total. The molecule has 0 aliphatic rings. The summed E-state index contributed by atoms with van der Waals surface area (Å²) in [4.78, 5) is 23.7. The molecule has 0 aliphatic carbocycles. The van der Waals surface area contributed by atoms with Crippen molar-refractivity contribution in [1.82, 2.24) is 0 Å². The molecule has 0 spiro atoms. The predicted molar refractivity (Wildman–Crippen MR) is 85.4 cm³/mol. The predicted octanol–water partition coefficient (Wildman–Crippen LogP) is 4.41. The molecule has 0 unspecified atom stereocenters. The smallest absolute Gasteiger partial charge is 0.337 e. The quantitative estimate of drug-likeness (QED) is 0.809. The molecule has 2 aromatic rings. The van der Waals surface area contributed by atoms with Crippen LogP contribution < -0.4 is 5.32 Å². The fourth-order valence-corrected chi connectivity index (χ4v) is 2.69. The van der Waals surface area contributed by atoms with E-state index in [0.29, 0.717) is 4.34 Å². The van der Waals surface area contributed by atoms with Crippen molar-refractivity contribution in [3.8, 4) is 0 Å². The third-order valence-corrected chi connectivity index (χ3v) is 3.89. The first-order chi connectivity index (χ1) is 9.95. The van der Waals surface area contributed by atoms with E-state index in [1.54, 1.807) is 18.2 Å². The molecule has 1 aromatic carbocycles. The number of thiophene rings is 1. The van der Waals surface area contributed by atoms with Gasteiger partial charge in [0.1, 0.15) is 0 Å². The number of rotatable bonds is 4. The summed E-state index contributed by atoms with van der Waals surface area (Å²) in [5, 5.41) is 11.9. The highest BCUT2D eigenvalue weighted by atomic mass is 35.5. The Morgan fingerprint density at radius 3 is 2.57 bits per heavy atom. The van der Waals surface area contributed by atoms with Gasteiger partial charge >= 0.3 is 5.97 Å². The number of aromatic carboxylic acids is 1. The lowest BCUT2D eigenvalue weighted by atomic mass is 10.2. The van der Waals surface area contributed by atoms with Crippen molar-refractivity contribution in [1.29, 1.82) is 0 Å². The van der Waals surface area contributed by atoms with Crippen LogP contribution in [0.1, 0.15) is 15.2 Å². The minimum atomic E-state index is -1.16. The lowest BCUT2D eigenvalue weighted by Crippen LogP contribution is -2.11. The van der Waals surface area contributed by atoms with Gasteiger partial charge in [-0.25, -0.2) is 4.79 Å². The zero-order valence-corrected chi connectivity index (χ0v) is 12.8. The number of amides is 1. The van der Waals surface area contributed by atoms with Gasteiger partial charge in [0.2, 0.25) is 5.91 Å². The lowest BCUT2D eigenvalue weighted by Gasteiger charge is -2.06. The van der Waals surface area contributed by atoms with Crippen molar-refractivity contribution in [2.24, 2.45) is 0 Å². The van der Waals surface area contributed by atoms with E-state index in [0.717, 1.165) is 4.88 Å². The van der Waals surface area contributed by atoms with Crippen molar-refractivity contribution in [3.63, 3.8) is 0 Å². The van der Waals surface area contributed by atoms with Crippen LogP contribution in [0.3, 0.4) is 0 Å². The molecule has 4 nitrogen and oxygen atoms in total. The van der Waals surface area contributed by atoms with E-state index in [2.05, 4.69) is 5.32 Å². The summed E-state index contributed by atoms with van der Waals surface area (Å²) in [5.41, 5.74) is 0.120. The van der Waals surface area contributed by atoms with E-state index in [9.17, 15) is 9.59 Å². The number of carbonyl (C=O) groups excluding carboxylic acids is 1. The van der Waals surface area contributed by atoms with Crippen molar-refractivity contribution in [2.45, 2.75) is 0 Å². The van der Waals surface area contributed by atoms with Gasteiger partial charge in [0.25, 0.3) is 0 Å². The number of hydrogen-bond acceptors (Lipinski definition) is 3. The summed E-state index contributed by atoms with van der Waals surface area (Å²) in [6.45, 7) is 0. The normalized spacial score (nSPS) is 10.8. The molecular formula is C14H9Cl2NO3S. The van der Waals surface area contributed by atoms with Crippen molar-refractivity contribution in [2.75, 3.05) is 5.32 Å². The number of benzene rings is 1. The van der Waals surface area contributed by atoms with Gasteiger partial charge in [0, 0.05) is 16.0 Å². The SMILES string of the molecule is O=C(/C=C/c1ccc(Cl)s1)Nc1ccc(Cl)cc1C(=O)O. The van der Waals surface area contributed by atoms with E-state index in [1.807, 2.05) is 0 Å². The molecule has 0 saturated carbocycles. The zero-order chi connectivity index (χ0) is 15.4. The Morgan fingerprint density at radius 1 is 1.19 bits per heavy atom. The van der Waals surface area contributed by atoms with Crippen molar-refractivity contribution < 1.29 is 14.7 Å². The average molecular weight is 342 g/mol. The number of anilines is 1. The van der Waals surface area contributed by atoms with E-state index < -0.39 is 11.9 Å². The molecule has 1 heterocycles. The Hall–Kier alpha value is -1.82. The molecule has 1 amide bonds. The average Bonchev–Trinajstić information content (AvgIpc) is 2.84. The number of carboxylic acids is 1. The van der Waals surface area contributed by atoms with Gasteiger partial charge in [-0.05, 0) is 36.4 Å². The Bertz CT molecular complexity index is 725. The fourth-order valence-electron chi connectivity index (χ4n) is 1.55. The second-order valence-electron chi connectivity index (χ2n) is 3.96. The Kier molecular flexibility index (Phi) is 5.01. The number of carboxylic acid groups (broad SMARTS) is 1. The minimum Gasteiger partial charge on any atom is -0.478 e. The zero-order valence-electron chi connectivity index (χ0n) is 10.5. The first kappa shape index (κ1) is 15.6. The summed E-state index contributed by atoms with van der Waals surface area (Å²) in [6.07, 6.45) is 2.91. The maximum absolute atomic E-state index is 11.8. The number of hydrogen-bond donors (Lipinski definition) is 2. The molecule has 0 radical (unpaired) electrons. The van der Waals surface area contributed by atoms with Crippen LogP contribution in [-0.2, 0) is 4.79 Å². The van der Waals surface area contributed by atoms with E-state index in [-0.39, 0.29) is 16.3 Å².